The van der Waals surface area contributed by atoms with Crippen molar-refractivity contribution in [2.24, 2.45) is 7.05 Å². The van der Waals surface area contributed by atoms with Gasteiger partial charge >= 0.3 is 0 Å². The van der Waals surface area contributed by atoms with Gasteiger partial charge in [-0.1, -0.05) is 24.3 Å². The number of aromatic nitrogens is 1. The summed E-state index contributed by atoms with van der Waals surface area (Å²) < 4.78 is 38.9. The lowest BCUT2D eigenvalue weighted by atomic mass is 10.00. The molecule has 116 valence electrons. The van der Waals surface area contributed by atoms with Crippen molar-refractivity contribution >= 4 is 21.9 Å². The zero-order valence-corrected chi connectivity index (χ0v) is 13.3. The van der Waals surface area contributed by atoms with Crippen LogP contribution in [0.2, 0.25) is 0 Å². The van der Waals surface area contributed by atoms with Crippen molar-refractivity contribution in [2.45, 2.75) is 13.8 Å². The minimum Gasteiger partial charge on any atom is -0.454 e. The first kappa shape index (κ1) is 10.6. The van der Waals surface area contributed by atoms with Crippen LogP contribution in [0.4, 0.5) is 0 Å². The summed E-state index contributed by atoms with van der Waals surface area (Å²) in [5.41, 5.74) is 4.00. The van der Waals surface area contributed by atoms with Gasteiger partial charge in [0, 0.05) is 26.5 Å². The molecule has 0 atom stereocenters. The highest BCUT2D eigenvalue weighted by Crippen LogP contribution is 2.37. The SMILES string of the molecule is [2H]c1cc(-c2c(C)ccc3c2oc2c(C#N)cccc23)[n+](C)cc1C([2H])([2H])[2H]. The average Bonchev–Trinajstić information content (AvgIpc) is 3.01. The van der Waals surface area contributed by atoms with Gasteiger partial charge in [0.1, 0.15) is 18.7 Å². The van der Waals surface area contributed by atoms with Crippen LogP contribution in [0.3, 0.4) is 0 Å². The average molecular weight is 317 g/mol. The van der Waals surface area contributed by atoms with Gasteiger partial charge in [0.25, 0.3) is 0 Å². The number of nitriles is 1. The number of fused-ring (bicyclic) bond motifs is 3. The van der Waals surface area contributed by atoms with Crippen LogP contribution in [0.15, 0.2) is 53.1 Å². The summed E-state index contributed by atoms with van der Waals surface area (Å²) >= 11 is 0. The maximum absolute atomic E-state index is 9.40. The molecule has 3 nitrogen and oxygen atoms in total. The highest BCUT2D eigenvalue weighted by atomic mass is 16.3. The second-order valence-electron chi connectivity index (χ2n) is 5.86. The number of benzene rings is 2. The Kier molecular flexibility index (Phi) is 2.30. The Morgan fingerprint density at radius 1 is 1.17 bits per heavy atom. The molecule has 0 bridgehead atoms. The van der Waals surface area contributed by atoms with E-state index in [1.165, 1.54) is 6.20 Å². The van der Waals surface area contributed by atoms with Crippen molar-refractivity contribution in [2.75, 3.05) is 0 Å². The van der Waals surface area contributed by atoms with Gasteiger partial charge < -0.3 is 4.42 Å². The maximum atomic E-state index is 9.40. The lowest BCUT2D eigenvalue weighted by molar-refractivity contribution is -0.660. The monoisotopic (exact) mass is 317 g/mol. The van der Waals surface area contributed by atoms with Crippen LogP contribution in [0.25, 0.3) is 33.2 Å². The third kappa shape index (κ3) is 2.00. The van der Waals surface area contributed by atoms with Crippen molar-refractivity contribution in [1.29, 1.82) is 5.26 Å². The second kappa shape index (κ2) is 5.21. The van der Waals surface area contributed by atoms with Crippen LogP contribution in [0.1, 0.15) is 22.2 Å². The smallest absolute Gasteiger partial charge is 0.216 e. The molecular weight excluding hydrogens is 296 g/mol. The summed E-state index contributed by atoms with van der Waals surface area (Å²) in [4.78, 5) is 0. The van der Waals surface area contributed by atoms with Gasteiger partial charge in [-0.2, -0.15) is 5.26 Å². The summed E-state index contributed by atoms with van der Waals surface area (Å²) in [6.07, 6.45) is 1.48. The highest BCUT2D eigenvalue weighted by Gasteiger charge is 2.21. The first-order valence-electron chi connectivity index (χ1n) is 9.58. The maximum Gasteiger partial charge on any atom is 0.216 e. The van der Waals surface area contributed by atoms with E-state index in [1.807, 2.05) is 31.2 Å². The molecule has 4 rings (SSSR count). The number of rotatable bonds is 1. The predicted molar refractivity (Wildman–Crippen MR) is 94.5 cm³/mol. The molecule has 0 unspecified atom stereocenters. The number of nitrogens with zero attached hydrogens (tertiary/aromatic N) is 2. The Hall–Kier alpha value is -3.12. The fourth-order valence-electron chi connectivity index (χ4n) is 3.16. The van der Waals surface area contributed by atoms with E-state index in [9.17, 15) is 5.26 Å². The first-order valence-corrected chi connectivity index (χ1v) is 7.58. The van der Waals surface area contributed by atoms with E-state index < -0.39 is 6.85 Å². The molecule has 0 radical (unpaired) electrons. The standard InChI is InChI=1S/C21H17N2O/c1-13-7-10-18(23(3)12-13)19-14(2)8-9-17-16-6-4-5-15(11-22)20(16)24-21(17)19/h4-10,12H,1-3H3/q+1/i1D3,7D. The van der Waals surface area contributed by atoms with E-state index in [4.69, 9.17) is 9.90 Å². The lowest BCUT2D eigenvalue weighted by Crippen LogP contribution is -2.31. The zero-order valence-electron chi connectivity index (χ0n) is 17.3. The number of hydrogen-bond donors (Lipinski definition) is 0. The Balaban J connectivity index is 2.09. The molecule has 24 heavy (non-hydrogen) atoms. The Morgan fingerprint density at radius 2 is 2.00 bits per heavy atom. The summed E-state index contributed by atoms with van der Waals surface area (Å²) in [6, 6.07) is 13.0. The van der Waals surface area contributed by atoms with Crippen molar-refractivity contribution in [3.63, 3.8) is 0 Å². The van der Waals surface area contributed by atoms with Crippen molar-refractivity contribution in [1.82, 2.24) is 0 Å². The van der Waals surface area contributed by atoms with Gasteiger partial charge in [-0.15, -0.1) is 0 Å². The molecule has 0 amide bonds. The van der Waals surface area contributed by atoms with Gasteiger partial charge in [0.05, 0.1) is 12.5 Å². The topological polar surface area (TPSA) is 40.8 Å². The summed E-state index contributed by atoms with van der Waals surface area (Å²) in [5.74, 6) is 0. The molecule has 2 aromatic heterocycles. The quantitative estimate of drug-likeness (QED) is 0.483. The predicted octanol–water partition coefficient (Wildman–Crippen LogP) is 4.57. The van der Waals surface area contributed by atoms with Crippen molar-refractivity contribution in [3.8, 4) is 17.3 Å². The van der Waals surface area contributed by atoms with Crippen LogP contribution in [-0.2, 0) is 7.05 Å². The molecule has 0 aliphatic rings. The van der Waals surface area contributed by atoms with E-state index >= 15 is 0 Å². The molecule has 0 N–H and O–H groups in total. The number of para-hydroxylation sites is 1. The third-order valence-corrected chi connectivity index (χ3v) is 4.32. The van der Waals surface area contributed by atoms with E-state index in [1.54, 1.807) is 23.7 Å². The van der Waals surface area contributed by atoms with Crippen molar-refractivity contribution < 1.29 is 14.5 Å². The fourth-order valence-corrected chi connectivity index (χ4v) is 3.16. The summed E-state index contributed by atoms with van der Waals surface area (Å²) in [6.45, 7) is -0.413. The number of furan rings is 1. The van der Waals surface area contributed by atoms with E-state index in [-0.39, 0.29) is 11.6 Å². The molecule has 3 heteroatoms. The molecule has 2 aromatic carbocycles. The van der Waals surface area contributed by atoms with Crippen LogP contribution in [-0.4, -0.2) is 0 Å². The molecule has 0 aliphatic carbocycles. The molecule has 0 fully saturated rings. The van der Waals surface area contributed by atoms with Gasteiger partial charge in [0.15, 0.2) is 11.8 Å². The van der Waals surface area contributed by atoms with E-state index in [0.717, 1.165) is 21.9 Å². The number of aryl methyl sites for hydroxylation is 3. The fraction of sp³-hybridized carbons (Fsp3) is 0.143. The summed E-state index contributed by atoms with van der Waals surface area (Å²) in [7, 11) is 1.76. The lowest BCUT2D eigenvalue weighted by Gasteiger charge is -2.05. The van der Waals surface area contributed by atoms with Crippen molar-refractivity contribution in [3.05, 3.63) is 65.3 Å². The molecule has 0 spiro atoms. The van der Waals surface area contributed by atoms with Crippen LogP contribution < -0.4 is 4.57 Å². The molecule has 0 saturated carbocycles. The van der Waals surface area contributed by atoms with Crippen LogP contribution >= 0.6 is 0 Å². The number of hydrogen-bond acceptors (Lipinski definition) is 2. The Bertz CT molecular complexity index is 1300. The van der Waals surface area contributed by atoms with E-state index in [0.29, 0.717) is 22.4 Å². The van der Waals surface area contributed by atoms with Gasteiger partial charge in [-0.25, -0.2) is 4.57 Å². The minimum atomic E-state index is -2.35. The van der Waals surface area contributed by atoms with Gasteiger partial charge in [-0.05, 0) is 31.4 Å². The van der Waals surface area contributed by atoms with Gasteiger partial charge in [-0.3, -0.25) is 0 Å². The van der Waals surface area contributed by atoms with E-state index in [2.05, 4.69) is 6.07 Å². The Morgan fingerprint density at radius 3 is 2.79 bits per heavy atom. The molecule has 0 saturated heterocycles. The van der Waals surface area contributed by atoms with Crippen LogP contribution in [0, 0.1) is 25.1 Å². The molecular formula is C21H17N2O+. The number of pyridine rings is 1. The highest BCUT2D eigenvalue weighted by molar-refractivity contribution is 6.10. The molecule has 4 aromatic rings. The second-order valence-corrected chi connectivity index (χ2v) is 5.86. The Labute approximate surface area is 146 Å². The third-order valence-electron chi connectivity index (χ3n) is 4.32. The first-order chi connectivity index (χ1) is 13.2. The normalized spacial score (nSPS) is 14.0. The zero-order chi connectivity index (χ0) is 20.2. The van der Waals surface area contributed by atoms with Crippen LogP contribution in [0.5, 0.6) is 0 Å². The largest absolute Gasteiger partial charge is 0.454 e. The molecule has 0 aliphatic heterocycles. The summed E-state index contributed by atoms with van der Waals surface area (Å²) in [5, 5.41) is 11.1. The van der Waals surface area contributed by atoms with Gasteiger partial charge in [0.2, 0.25) is 5.69 Å². The minimum absolute atomic E-state index is 0.0000455. The molecule has 2 heterocycles.